The van der Waals surface area contributed by atoms with Gasteiger partial charge < -0.3 is 10.4 Å². The molecule has 0 spiro atoms. The second kappa shape index (κ2) is 5.93. The van der Waals surface area contributed by atoms with Crippen molar-refractivity contribution < 1.29 is 9.90 Å². The minimum absolute atomic E-state index is 0.144. The number of carbonyl (C=O) groups is 1. The number of pyridine rings is 1. The lowest BCUT2D eigenvalue weighted by atomic mass is 10.1. The summed E-state index contributed by atoms with van der Waals surface area (Å²) < 4.78 is 0. The fourth-order valence-electron chi connectivity index (χ4n) is 1.64. The van der Waals surface area contributed by atoms with Gasteiger partial charge in [-0.15, -0.1) is 0 Å². The van der Waals surface area contributed by atoms with Crippen LogP contribution in [0.15, 0.2) is 48.7 Å². The van der Waals surface area contributed by atoms with Crippen LogP contribution in [0.4, 0.5) is 5.82 Å². The number of carbonyl (C=O) groups excluding carboxylic acids is 1. The molecular weight excluding hydrogens is 228 g/mol. The zero-order valence-corrected chi connectivity index (χ0v) is 9.84. The van der Waals surface area contributed by atoms with Crippen LogP contribution >= 0.6 is 0 Å². The van der Waals surface area contributed by atoms with Gasteiger partial charge in [0.1, 0.15) is 5.82 Å². The largest absolute Gasteiger partial charge is 0.392 e. The third-order valence-corrected chi connectivity index (χ3v) is 2.53. The summed E-state index contributed by atoms with van der Waals surface area (Å²) in [4.78, 5) is 15.9. The Morgan fingerprint density at radius 1 is 1.17 bits per heavy atom. The Labute approximate surface area is 105 Å². The van der Waals surface area contributed by atoms with E-state index >= 15 is 0 Å². The molecule has 0 aliphatic rings. The molecule has 0 aliphatic carbocycles. The van der Waals surface area contributed by atoms with Crippen LogP contribution < -0.4 is 5.32 Å². The van der Waals surface area contributed by atoms with E-state index in [1.807, 2.05) is 30.3 Å². The summed E-state index contributed by atoms with van der Waals surface area (Å²) >= 11 is 0. The fraction of sp³-hybridized carbons (Fsp3) is 0.143. The lowest BCUT2D eigenvalue weighted by Gasteiger charge is -2.07. The van der Waals surface area contributed by atoms with E-state index in [-0.39, 0.29) is 12.5 Å². The molecule has 2 N–H and O–H groups in total. The van der Waals surface area contributed by atoms with Crippen LogP contribution in [0, 0.1) is 0 Å². The standard InChI is InChI=1S/C14H14N2O2/c17-10-12-7-4-8-15-14(12)16-13(18)9-11-5-2-1-3-6-11/h1-8,17H,9-10H2,(H,15,16,18). The SMILES string of the molecule is O=C(Cc1ccccc1)Nc1ncccc1CO. The molecule has 0 bridgehead atoms. The molecule has 0 unspecified atom stereocenters. The smallest absolute Gasteiger partial charge is 0.229 e. The Morgan fingerprint density at radius 2 is 1.94 bits per heavy atom. The molecule has 0 atom stereocenters. The molecule has 1 aromatic carbocycles. The predicted octanol–water partition coefficient (Wildman–Crippen LogP) is 1.76. The van der Waals surface area contributed by atoms with Crippen molar-refractivity contribution in [3.8, 4) is 0 Å². The molecule has 1 amide bonds. The zero-order chi connectivity index (χ0) is 12.8. The third kappa shape index (κ3) is 3.15. The molecule has 1 heterocycles. The summed E-state index contributed by atoms with van der Waals surface area (Å²) in [5.41, 5.74) is 1.55. The molecule has 0 saturated carbocycles. The summed E-state index contributed by atoms with van der Waals surface area (Å²) in [6.45, 7) is -0.144. The molecule has 0 fully saturated rings. The first-order chi connectivity index (χ1) is 8.79. The fourth-order valence-corrected chi connectivity index (χ4v) is 1.64. The van der Waals surface area contributed by atoms with Gasteiger partial charge in [0.15, 0.2) is 0 Å². The molecule has 0 aliphatic heterocycles. The molecule has 18 heavy (non-hydrogen) atoms. The van der Waals surface area contributed by atoms with Gasteiger partial charge in [0.25, 0.3) is 0 Å². The molecule has 92 valence electrons. The van der Waals surface area contributed by atoms with E-state index in [2.05, 4.69) is 10.3 Å². The lowest BCUT2D eigenvalue weighted by molar-refractivity contribution is -0.115. The van der Waals surface area contributed by atoms with Gasteiger partial charge in [0.2, 0.25) is 5.91 Å². The van der Waals surface area contributed by atoms with Crippen molar-refractivity contribution in [3.05, 3.63) is 59.8 Å². The van der Waals surface area contributed by atoms with Gasteiger partial charge in [-0.1, -0.05) is 36.4 Å². The van der Waals surface area contributed by atoms with Crippen LogP contribution in [0.5, 0.6) is 0 Å². The first-order valence-electron chi connectivity index (χ1n) is 5.68. The molecule has 4 nitrogen and oxygen atoms in total. The normalized spacial score (nSPS) is 10.1. The van der Waals surface area contributed by atoms with E-state index in [1.54, 1.807) is 18.3 Å². The summed E-state index contributed by atoms with van der Waals surface area (Å²) in [6.07, 6.45) is 1.87. The second-order valence-electron chi connectivity index (χ2n) is 3.88. The number of amides is 1. The van der Waals surface area contributed by atoms with Gasteiger partial charge in [0.05, 0.1) is 13.0 Å². The Morgan fingerprint density at radius 3 is 2.67 bits per heavy atom. The molecule has 4 heteroatoms. The molecular formula is C14H14N2O2. The third-order valence-electron chi connectivity index (χ3n) is 2.53. The van der Waals surface area contributed by atoms with Crippen molar-refractivity contribution in [1.82, 2.24) is 4.98 Å². The van der Waals surface area contributed by atoms with Crippen molar-refractivity contribution in [2.45, 2.75) is 13.0 Å². The molecule has 0 radical (unpaired) electrons. The Hall–Kier alpha value is -2.20. The van der Waals surface area contributed by atoms with Gasteiger partial charge >= 0.3 is 0 Å². The highest BCUT2D eigenvalue weighted by molar-refractivity contribution is 5.91. The zero-order valence-electron chi connectivity index (χ0n) is 9.84. The first kappa shape index (κ1) is 12.3. The highest BCUT2D eigenvalue weighted by Gasteiger charge is 2.07. The number of aliphatic hydroxyl groups excluding tert-OH is 1. The van der Waals surface area contributed by atoms with Gasteiger partial charge in [-0.2, -0.15) is 0 Å². The minimum atomic E-state index is -0.144. The minimum Gasteiger partial charge on any atom is -0.392 e. The number of hydrogen-bond donors (Lipinski definition) is 2. The highest BCUT2D eigenvalue weighted by Crippen LogP contribution is 2.11. The lowest BCUT2D eigenvalue weighted by Crippen LogP contribution is -2.16. The average molecular weight is 242 g/mol. The number of benzene rings is 1. The van der Waals surface area contributed by atoms with Crippen LogP contribution in [0.1, 0.15) is 11.1 Å². The van der Waals surface area contributed by atoms with Crippen molar-refractivity contribution in [2.75, 3.05) is 5.32 Å². The van der Waals surface area contributed by atoms with Crippen molar-refractivity contribution in [1.29, 1.82) is 0 Å². The molecule has 2 rings (SSSR count). The number of nitrogens with one attached hydrogen (secondary N) is 1. The quantitative estimate of drug-likeness (QED) is 0.858. The predicted molar refractivity (Wildman–Crippen MR) is 68.9 cm³/mol. The van der Waals surface area contributed by atoms with Crippen LogP contribution in [0.3, 0.4) is 0 Å². The van der Waals surface area contributed by atoms with Crippen LogP contribution in [-0.2, 0) is 17.8 Å². The second-order valence-corrected chi connectivity index (χ2v) is 3.88. The molecule has 0 saturated heterocycles. The number of aromatic nitrogens is 1. The summed E-state index contributed by atoms with van der Waals surface area (Å²) in [6, 6.07) is 12.9. The maximum absolute atomic E-state index is 11.8. The summed E-state index contributed by atoms with van der Waals surface area (Å²) in [5.74, 6) is 0.274. The maximum atomic E-state index is 11.8. The van der Waals surface area contributed by atoms with E-state index in [1.165, 1.54) is 0 Å². The molecule has 2 aromatic rings. The average Bonchev–Trinajstić information content (AvgIpc) is 2.40. The summed E-state index contributed by atoms with van der Waals surface area (Å²) in [7, 11) is 0. The van der Waals surface area contributed by atoms with E-state index in [4.69, 9.17) is 5.11 Å². The monoisotopic (exact) mass is 242 g/mol. The highest BCUT2D eigenvalue weighted by atomic mass is 16.3. The first-order valence-corrected chi connectivity index (χ1v) is 5.68. The number of nitrogens with zero attached hydrogens (tertiary/aromatic N) is 1. The number of hydrogen-bond acceptors (Lipinski definition) is 3. The number of rotatable bonds is 4. The maximum Gasteiger partial charge on any atom is 0.229 e. The van der Waals surface area contributed by atoms with Crippen molar-refractivity contribution in [3.63, 3.8) is 0 Å². The molecule has 1 aromatic heterocycles. The van der Waals surface area contributed by atoms with E-state index < -0.39 is 0 Å². The number of aliphatic hydroxyl groups is 1. The van der Waals surface area contributed by atoms with Crippen molar-refractivity contribution >= 4 is 11.7 Å². The van der Waals surface area contributed by atoms with Gasteiger partial charge in [-0.05, 0) is 11.6 Å². The van der Waals surface area contributed by atoms with Gasteiger partial charge in [-0.3, -0.25) is 4.79 Å². The Kier molecular flexibility index (Phi) is 4.04. The van der Waals surface area contributed by atoms with Gasteiger partial charge in [-0.25, -0.2) is 4.98 Å². The van der Waals surface area contributed by atoms with E-state index in [9.17, 15) is 4.79 Å². The summed E-state index contributed by atoms with van der Waals surface area (Å²) in [5, 5.41) is 11.8. The van der Waals surface area contributed by atoms with Crippen LogP contribution in [-0.4, -0.2) is 16.0 Å². The van der Waals surface area contributed by atoms with E-state index in [0.717, 1.165) is 5.56 Å². The Bertz CT molecular complexity index is 526. The van der Waals surface area contributed by atoms with E-state index in [0.29, 0.717) is 17.8 Å². The van der Waals surface area contributed by atoms with Crippen LogP contribution in [0.2, 0.25) is 0 Å². The topological polar surface area (TPSA) is 62.2 Å². The van der Waals surface area contributed by atoms with Crippen molar-refractivity contribution in [2.24, 2.45) is 0 Å². The van der Waals surface area contributed by atoms with Gasteiger partial charge in [0, 0.05) is 11.8 Å². The van der Waals surface area contributed by atoms with Crippen LogP contribution in [0.25, 0.3) is 0 Å². The Balaban J connectivity index is 2.03. The number of anilines is 1.